The zero-order chi connectivity index (χ0) is 16.2. The van der Waals surface area contributed by atoms with Gasteiger partial charge in [0.2, 0.25) is 0 Å². The molecular formula is C19H20FNOS. The summed E-state index contributed by atoms with van der Waals surface area (Å²) in [7, 11) is 2.09. The first-order valence-corrected chi connectivity index (χ1v) is 8.53. The van der Waals surface area contributed by atoms with E-state index in [0.29, 0.717) is 5.76 Å². The molecule has 2 aromatic rings. The second-order valence-electron chi connectivity index (χ2n) is 5.92. The number of benzene rings is 1. The number of halogens is 1. The summed E-state index contributed by atoms with van der Waals surface area (Å²) in [5, 5.41) is 9.57. The average molecular weight is 329 g/mol. The molecule has 0 amide bonds. The standard InChI is InChI=1S/C19H20FNOS/c1-21(12-14-3-2-4-17(22)11-14)13-18-9-10-19(23-18)15-5-7-16(20)8-6-15/h4-11,22H,2-3,12-13H2,1H3. The van der Waals surface area contributed by atoms with E-state index >= 15 is 0 Å². The molecule has 3 rings (SSSR count). The molecule has 2 nitrogen and oxygen atoms in total. The molecule has 23 heavy (non-hydrogen) atoms. The Labute approximate surface area is 140 Å². The number of thiophene rings is 1. The molecule has 0 radical (unpaired) electrons. The summed E-state index contributed by atoms with van der Waals surface area (Å²) in [6.45, 7) is 1.73. The van der Waals surface area contributed by atoms with Crippen molar-refractivity contribution in [3.05, 3.63) is 70.6 Å². The highest BCUT2D eigenvalue weighted by atomic mass is 32.1. The third-order valence-electron chi connectivity index (χ3n) is 3.86. The van der Waals surface area contributed by atoms with Gasteiger partial charge < -0.3 is 5.11 Å². The van der Waals surface area contributed by atoms with E-state index in [1.165, 1.54) is 22.6 Å². The highest BCUT2D eigenvalue weighted by molar-refractivity contribution is 7.15. The Morgan fingerprint density at radius 2 is 1.91 bits per heavy atom. The van der Waals surface area contributed by atoms with E-state index in [9.17, 15) is 9.50 Å². The lowest BCUT2D eigenvalue weighted by Gasteiger charge is -2.19. The molecular weight excluding hydrogens is 309 g/mol. The molecule has 1 aromatic heterocycles. The molecule has 1 aromatic carbocycles. The lowest BCUT2D eigenvalue weighted by Crippen LogP contribution is -2.20. The van der Waals surface area contributed by atoms with Gasteiger partial charge in [0, 0.05) is 22.8 Å². The number of nitrogens with zero attached hydrogens (tertiary/aromatic N) is 1. The molecule has 1 N–H and O–H groups in total. The molecule has 4 heteroatoms. The van der Waals surface area contributed by atoms with Crippen LogP contribution in [0.25, 0.3) is 10.4 Å². The van der Waals surface area contributed by atoms with Gasteiger partial charge in [0.1, 0.15) is 11.6 Å². The van der Waals surface area contributed by atoms with Crippen LogP contribution in [0, 0.1) is 5.82 Å². The van der Waals surface area contributed by atoms with Gasteiger partial charge in [0.25, 0.3) is 0 Å². The van der Waals surface area contributed by atoms with E-state index in [-0.39, 0.29) is 5.82 Å². The fraction of sp³-hybridized carbons (Fsp3) is 0.263. The molecule has 1 aliphatic carbocycles. The summed E-state index contributed by atoms with van der Waals surface area (Å²) in [5.74, 6) is 0.178. The normalized spacial score (nSPS) is 14.7. The monoisotopic (exact) mass is 329 g/mol. The Morgan fingerprint density at radius 3 is 2.65 bits per heavy atom. The van der Waals surface area contributed by atoms with E-state index < -0.39 is 0 Å². The second-order valence-corrected chi connectivity index (χ2v) is 7.08. The minimum absolute atomic E-state index is 0.205. The van der Waals surface area contributed by atoms with Gasteiger partial charge in [0.15, 0.2) is 0 Å². The van der Waals surface area contributed by atoms with Crippen LogP contribution in [0.1, 0.15) is 17.7 Å². The Bertz CT molecular complexity index is 730. The summed E-state index contributed by atoms with van der Waals surface area (Å²) < 4.78 is 13.0. The number of aliphatic hydroxyl groups is 1. The van der Waals surface area contributed by atoms with E-state index in [1.54, 1.807) is 11.3 Å². The predicted molar refractivity (Wildman–Crippen MR) is 94.1 cm³/mol. The third-order valence-corrected chi connectivity index (χ3v) is 4.98. The molecule has 0 saturated heterocycles. The molecule has 0 spiro atoms. The van der Waals surface area contributed by atoms with Crippen LogP contribution in [0.15, 0.2) is 59.9 Å². The van der Waals surface area contributed by atoms with Gasteiger partial charge in [-0.25, -0.2) is 4.39 Å². The van der Waals surface area contributed by atoms with Crippen molar-refractivity contribution in [3.8, 4) is 10.4 Å². The summed E-state index contributed by atoms with van der Waals surface area (Å²) in [4.78, 5) is 4.69. The number of rotatable bonds is 5. The van der Waals surface area contributed by atoms with E-state index in [0.717, 1.165) is 36.4 Å². The first-order valence-electron chi connectivity index (χ1n) is 7.72. The molecule has 0 fully saturated rings. The second kappa shape index (κ2) is 7.11. The van der Waals surface area contributed by atoms with Crippen molar-refractivity contribution in [1.29, 1.82) is 0 Å². The Kier molecular flexibility index (Phi) is 4.94. The van der Waals surface area contributed by atoms with Crippen molar-refractivity contribution < 1.29 is 9.50 Å². The maximum Gasteiger partial charge on any atom is 0.123 e. The summed E-state index contributed by atoms with van der Waals surface area (Å²) in [6, 6.07) is 10.8. The number of allylic oxidation sites excluding steroid dienone is 2. The van der Waals surface area contributed by atoms with E-state index in [1.807, 2.05) is 24.3 Å². The fourth-order valence-corrected chi connectivity index (χ4v) is 3.86. The van der Waals surface area contributed by atoms with Crippen molar-refractivity contribution in [2.75, 3.05) is 13.6 Å². The zero-order valence-corrected chi connectivity index (χ0v) is 13.9. The summed E-state index contributed by atoms with van der Waals surface area (Å²) >= 11 is 1.74. The largest absolute Gasteiger partial charge is 0.508 e. The van der Waals surface area contributed by atoms with Crippen LogP contribution in [-0.4, -0.2) is 23.6 Å². The van der Waals surface area contributed by atoms with Crippen molar-refractivity contribution >= 4 is 11.3 Å². The SMILES string of the molecule is CN(CC1=CC(O)=CCC1)Cc1ccc(-c2ccc(F)cc2)s1. The molecule has 0 aliphatic heterocycles. The van der Waals surface area contributed by atoms with Crippen LogP contribution in [0.5, 0.6) is 0 Å². The first-order chi connectivity index (χ1) is 11.1. The van der Waals surface area contributed by atoms with Crippen LogP contribution in [0.4, 0.5) is 4.39 Å². The Hall–Kier alpha value is -1.91. The number of hydrogen-bond donors (Lipinski definition) is 1. The number of aliphatic hydroxyl groups excluding tert-OH is 1. The maximum absolute atomic E-state index is 13.0. The zero-order valence-electron chi connectivity index (χ0n) is 13.1. The summed E-state index contributed by atoms with van der Waals surface area (Å²) in [5.41, 5.74) is 2.32. The van der Waals surface area contributed by atoms with Crippen molar-refractivity contribution in [1.82, 2.24) is 4.90 Å². The average Bonchev–Trinajstić information content (AvgIpc) is 2.96. The molecule has 0 unspecified atom stereocenters. The molecule has 1 aliphatic rings. The van der Waals surface area contributed by atoms with Gasteiger partial charge in [0.05, 0.1) is 0 Å². The van der Waals surface area contributed by atoms with Crippen LogP contribution < -0.4 is 0 Å². The topological polar surface area (TPSA) is 23.5 Å². The molecule has 0 saturated carbocycles. The van der Waals surface area contributed by atoms with Gasteiger partial charge in [-0.15, -0.1) is 11.3 Å². The highest BCUT2D eigenvalue weighted by Crippen LogP contribution is 2.29. The fourth-order valence-electron chi connectivity index (χ4n) is 2.77. The molecule has 0 atom stereocenters. The van der Waals surface area contributed by atoms with Crippen molar-refractivity contribution in [3.63, 3.8) is 0 Å². The number of likely N-dealkylation sites (N-methyl/N-ethyl adjacent to an activating group) is 1. The van der Waals surface area contributed by atoms with Crippen LogP contribution in [0.3, 0.4) is 0 Å². The van der Waals surface area contributed by atoms with Crippen molar-refractivity contribution in [2.45, 2.75) is 19.4 Å². The lowest BCUT2D eigenvalue weighted by atomic mass is 10.0. The van der Waals surface area contributed by atoms with Crippen LogP contribution in [-0.2, 0) is 6.54 Å². The van der Waals surface area contributed by atoms with Gasteiger partial charge >= 0.3 is 0 Å². The molecule has 120 valence electrons. The first kappa shape index (κ1) is 16.0. The van der Waals surface area contributed by atoms with Gasteiger partial charge in [-0.2, -0.15) is 0 Å². The predicted octanol–water partition coefficient (Wildman–Crippen LogP) is 5.15. The van der Waals surface area contributed by atoms with E-state index in [4.69, 9.17) is 0 Å². The molecule has 1 heterocycles. The Morgan fingerprint density at radius 1 is 1.13 bits per heavy atom. The van der Waals surface area contributed by atoms with Crippen LogP contribution in [0.2, 0.25) is 0 Å². The summed E-state index contributed by atoms with van der Waals surface area (Å²) in [6.07, 6.45) is 5.66. The highest BCUT2D eigenvalue weighted by Gasteiger charge is 2.10. The third kappa shape index (κ3) is 4.30. The van der Waals surface area contributed by atoms with Gasteiger partial charge in [-0.05, 0) is 61.9 Å². The smallest absolute Gasteiger partial charge is 0.123 e. The lowest BCUT2D eigenvalue weighted by molar-refractivity contribution is 0.351. The van der Waals surface area contributed by atoms with Crippen LogP contribution >= 0.6 is 11.3 Å². The van der Waals surface area contributed by atoms with Gasteiger partial charge in [-0.3, -0.25) is 4.90 Å². The number of hydrogen-bond acceptors (Lipinski definition) is 3. The quantitative estimate of drug-likeness (QED) is 0.820. The Balaban J connectivity index is 1.62. The minimum Gasteiger partial charge on any atom is -0.508 e. The molecule has 0 bridgehead atoms. The van der Waals surface area contributed by atoms with Crippen molar-refractivity contribution in [2.24, 2.45) is 0 Å². The minimum atomic E-state index is -0.205. The maximum atomic E-state index is 13.0. The van der Waals surface area contributed by atoms with E-state index in [2.05, 4.69) is 24.1 Å². The van der Waals surface area contributed by atoms with Gasteiger partial charge in [-0.1, -0.05) is 17.7 Å².